The summed E-state index contributed by atoms with van der Waals surface area (Å²) < 4.78 is 34.3. The highest BCUT2D eigenvalue weighted by atomic mass is 32.1. The molecule has 0 atom stereocenters. The molecule has 1 aliphatic rings. The lowest BCUT2D eigenvalue weighted by Crippen LogP contribution is -2.36. The van der Waals surface area contributed by atoms with Crippen LogP contribution in [0.2, 0.25) is 0 Å². The number of hydrazone groups is 1. The van der Waals surface area contributed by atoms with Gasteiger partial charge in [-0.3, -0.25) is 4.79 Å². The Morgan fingerprint density at radius 2 is 2.19 bits per heavy atom. The Kier molecular flexibility index (Phi) is 6.30. The number of hydrogen-bond acceptors (Lipinski definition) is 7. The summed E-state index contributed by atoms with van der Waals surface area (Å²) in [7, 11) is 0. The number of carbonyl (C=O) groups excluding carboxylic acids is 1. The molecular weight excluding hydrogens is 378 g/mol. The van der Waals surface area contributed by atoms with Crippen LogP contribution in [0.3, 0.4) is 0 Å². The number of benzene rings is 1. The van der Waals surface area contributed by atoms with Gasteiger partial charge in [0.1, 0.15) is 11.4 Å². The first kappa shape index (κ1) is 19.2. The van der Waals surface area contributed by atoms with Crippen LogP contribution in [0.1, 0.15) is 23.0 Å². The van der Waals surface area contributed by atoms with E-state index < -0.39 is 12.5 Å². The fraction of sp³-hybridized carbons (Fsp3) is 0.353. The summed E-state index contributed by atoms with van der Waals surface area (Å²) in [4.78, 5) is 18.6. The number of amides is 1. The van der Waals surface area contributed by atoms with Crippen LogP contribution in [-0.4, -0.2) is 49.5 Å². The van der Waals surface area contributed by atoms with Gasteiger partial charge in [-0.05, 0) is 19.1 Å². The van der Waals surface area contributed by atoms with Crippen molar-refractivity contribution in [3.05, 3.63) is 40.9 Å². The number of rotatable bonds is 6. The fourth-order valence-electron chi connectivity index (χ4n) is 2.42. The number of nitrogens with one attached hydrogen (secondary N) is 1. The first-order valence-electron chi connectivity index (χ1n) is 8.21. The van der Waals surface area contributed by atoms with E-state index in [1.165, 1.54) is 23.5 Å². The third-order valence-electron chi connectivity index (χ3n) is 3.81. The summed E-state index contributed by atoms with van der Waals surface area (Å²) in [6, 6.07) is 6.10. The molecule has 0 saturated carbocycles. The van der Waals surface area contributed by atoms with Crippen molar-refractivity contribution in [2.75, 3.05) is 31.2 Å². The molecule has 144 valence electrons. The maximum absolute atomic E-state index is 12.3. The first-order chi connectivity index (χ1) is 13.0. The van der Waals surface area contributed by atoms with E-state index in [0.717, 1.165) is 18.2 Å². The first-order valence-corrected chi connectivity index (χ1v) is 9.09. The third-order valence-corrected chi connectivity index (χ3v) is 4.71. The number of aromatic nitrogens is 1. The molecule has 3 rings (SSSR count). The second-order valence-electron chi connectivity index (χ2n) is 5.66. The molecule has 0 radical (unpaired) electrons. The van der Waals surface area contributed by atoms with Crippen LogP contribution in [-0.2, 0) is 4.74 Å². The molecule has 2 heterocycles. The van der Waals surface area contributed by atoms with Crippen LogP contribution < -0.4 is 15.1 Å². The number of anilines is 1. The van der Waals surface area contributed by atoms with Gasteiger partial charge in [-0.15, -0.1) is 11.3 Å². The largest absolute Gasteiger partial charge is 0.435 e. The summed E-state index contributed by atoms with van der Waals surface area (Å²) in [6.07, 6.45) is 0. The van der Waals surface area contributed by atoms with Crippen molar-refractivity contribution in [3.8, 4) is 5.75 Å². The zero-order valence-electron chi connectivity index (χ0n) is 14.5. The molecule has 1 aliphatic heterocycles. The van der Waals surface area contributed by atoms with Gasteiger partial charge in [0.2, 0.25) is 0 Å². The Labute approximate surface area is 158 Å². The van der Waals surface area contributed by atoms with Crippen molar-refractivity contribution in [1.82, 2.24) is 10.4 Å². The molecule has 1 aromatic heterocycles. The highest BCUT2D eigenvalue weighted by molar-refractivity contribution is 7.13. The molecule has 0 aliphatic carbocycles. The van der Waals surface area contributed by atoms with Crippen molar-refractivity contribution in [2.24, 2.45) is 5.10 Å². The second-order valence-corrected chi connectivity index (χ2v) is 6.50. The Bertz CT molecular complexity index is 822. The number of ether oxygens (including phenoxy) is 2. The van der Waals surface area contributed by atoms with E-state index in [1.807, 2.05) is 0 Å². The lowest BCUT2D eigenvalue weighted by atomic mass is 10.1. The lowest BCUT2D eigenvalue weighted by molar-refractivity contribution is -0.0498. The van der Waals surface area contributed by atoms with E-state index in [-0.39, 0.29) is 11.4 Å². The van der Waals surface area contributed by atoms with Gasteiger partial charge in [0.15, 0.2) is 5.13 Å². The molecule has 1 amide bonds. The summed E-state index contributed by atoms with van der Waals surface area (Å²) in [5.74, 6) is -0.414. The van der Waals surface area contributed by atoms with E-state index >= 15 is 0 Å². The normalized spacial score (nSPS) is 15.1. The summed E-state index contributed by atoms with van der Waals surface area (Å²) in [5, 5.41) is 6.45. The SMILES string of the molecule is C/C(=N\NC(=O)c1csc(N2CCOCC2)n1)c1cccc(OC(F)F)c1. The highest BCUT2D eigenvalue weighted by Gasteiger charge is 2.17. The molecule has 27 heavy (non-hydrogen) atoms. The Hall–Kier alpha value is -2.59. The van der Waals surface area contributed by atoms with Gasteiger partial charge in [-0.1, -0.05) is 12.1 Å². The molecule has 0 unspecified atom stereocenters. The predicted molar refractivity (Wildman–Crippen MR) is 97.9 cm³/mol. The molecule has 7 nitrogen and oxygen atoms in total. The number of halogens is 2. The summed E-state index contributed by atoms with van der Waals surface area (Å²) in [6.45, 7) is 1.51. The van der Waals surface area contributed by atoms with E-state index in [2.05, 4.69) is 25.1 Å². The average Bonchev–Trinajstić information content (AvgIpc) is 3.16. The van der Waals surface area contributed by atoms with Gasteiger partial charge in [0.25, 0.3) is 5.91 Å². The van der Waals surface area contributed by atoms with Crippen LogP contribution in [0.15, 0.2) is 34.7 Å². The van der Waals surface area contributed by atoms with Crippen LogP contribution in [0, 0.1) is 0 Å². The number of alkyl halides is 2. The van der Waals surface area contributed by atoms with Gasteiger partial charge >= 0.3 is 6.61 Å². The van der Waals surface area contributed by atoms with Crippen LogP contribution in [0.4, 0.5) is 13.9 Å². The minimum atomic E-state index is -2.90. The monoisotopic (exact) mass is 396 g/mol. The minimum Gasteiger partial charge on any atom is -0.435 e. The number of nitrogens with zero attached hydrogens (tertiary/aromatic N) is 3. The molecule has 2 aromatic rings. The summed E-state index contributed by atoms with van der Waals surface area (Å²) in [5.41, 5.74) is 3.71. The van der Waals surface area contributed by atoms with E-state index in [4.69, 9.17) is 4.74 Å². The van der Waals surface area contributed by atoms with Gasteiger partial charge in [0.05, 0.1) is 18.9 Å². The number of hydrogen-bond donors (Lipinski definition) is 1. The van der Waals surface area contributed by atoms with Gasteiger partial charge in [0, 0.05) is 24.0 Å². The van der Waals surface area contributed by atoms with Crippen LogP contribution in [0.25, 0.3) is 0 Å². The van der Waals surface area contributed by atoms with Gasteiger partial charge in [-0.2, -0.15) is 13.9 Å². The third kappa shape index (κ3) is 5.20. The van der Waals surface area contributed by atoms with E-state index in [0.29, 0.717) is 24.5 Å². The standard InChI is InChI=1S/C17H18F2N4O3S/c1-11(12-3-2-4-13(9-12)26-16(18)19)21-22-15(24)14-10-27-17(20-14)23-5-7-25-8-6-23/h2-4,9-10,16H,5-8H2,1H3,(H,22,24)/b21-11+. The van der Waals surface area contributed by atoms with Crippen molar-refractivity contribution in [3.63, 3.8) is 0 Å². The molecule has 1 fully saturated rings. The van der Waals surface area contributed by atoms with Crippen molar-refractivity contribution < 1.29 is 23.0 Å². The molecular formula is C17H18F2N4O3S. The number of thiazole rings is 1. The minimum absolute atomic E-state index is 0.0260. The highest BCUT2D eigenvalue weighted by Crippen LogP contribution is 2.21. The Balaban J connectivity index is 1.63. The van der Waals surface area contributed by atoms with E-state index in [1.54, 1.807) is 24.4 Å². The van der Waals surface area contributed by atoms with Crippen LogP contribution in [0.5, 0.6) is 5.75 Å². The van der Waals surface area contributed by atoms with Crippen molar-refractivity contribution in [1.29, 1.82) is 0 Å². The fourth-order valence-corrected chi connectivity index (χ4v) is 3.28. The van der Waals surface area contributed by atoms with Gasteiger partial charge < -0.3 is 14.4 Å². The predicted octanol–water partition coefficient (Wildman–Crippen LogP) is 2.74. The average molecular weight is 396 g/mol. The quantitative estimate of drug-likeness (QED) is 0.600. The second kappa shape index (κ2) is 8.87. The van der Waals surface area contributed by atoms with Gasteiger partial charge in [-0.25, -0.2) is 10.4 Å². The molecule has 1 aromatic carbocycles. The smallest absolute Gasteiger partial charge is 0.387 e. The molecule has 0 spiro atoms. The molecule has 1 saturated heterocycles. The zero-order valence-corrected chi connectivity index (χ0v) is 15.3. The lowest BCUT2D eigenvalue weighted by Gasteiger charge is -2.25. The number of morpholine rings is 1. The molecule has 0 bridgehead atoms. The maximum atomic E-state index is 12.3. The summed E-state index contributed by atoms with van der Waals surface area (Å²) >= 11 is 1.39. The molecule has 1 N–H and O–H groups in total. The van der Waals surface area contributed by atoms with Crippen LogP contribution >= 0.6 is 11.3 Å². The maximum Gasteiger partial charge on any atom is 0.387 e. The Morgan fingerprint density at radius 3 is 2.93 bits per heavy atom. The van der Waals surface area contributed by atoms with Crippen molar-refractivity contribution >= 4 is 28.1 Å². The molecule has 10 heteroatoms. The number of carbonyl (C=O) groups is 1. The topological polar surface area (TPSA) is 76.1 Å². The van der Waals surface area contributed by atoms with E-state index in [9.17, 15) is 13.6 Å². The Morgan fingerprint density at radius 1 is 1.41 bits per heavy atom. The zero-order chi connectivity index (χ0) is 19.2. The van der Waals surface area contributed by atoms with Crippen molar-refractivity contribution in [2.45, 2.75) is 13.5 Å².